The van der Waals surface area contributed by atoms with E-state index in [1.807, 2.05) is 12.1 Å². The molecule has 4 rings (SSSR count). The Morgan fingerprint density at radius 2 is 1.88 bits per heavy atom. The summed E-state index contributed by atoms with van der Waals surface area (Å²) < 4.78 is 5.60. The van der Waals surface area contributed by atoms with Crippen molar-refractivity contribution in [2.75, 3.05) is 6.54 Å². The Morgan fingerprint density at radius 3 is 2.71 bits per heavy atom. The molecule has 3 heterocycles. The summed E-state index contributed by atoms with van der Waals surface area (Å²) in [5.74, 6) is 1.36. The number of piperidine rings is 1. The van der Waals surface area contributed by atoms with Crippen LogP contribution >= 0.6 is 0 Å². The molecule has 5 heteroatoms. The lowest BCUT2D eigenvalue weighted by atomic mass is 10.0. The van der Waals surface area contributed by atoms with Crippen molar-refractivity contribution in [3.8, 4) is 11.4 Å². The Labute approximate surface area is 141 Å². The summed E-state index contributed by atoms with van der Waals surface area (Å²) in [6.07, 6.45) is 6.96. The third kappa shape index (κ3) is 3.21. The average Bonchev–Trinajstić information content (AvgIpc) is 3.14. The van der Waals surface area contributed by atoms with E-state index < -0.39 is 0 Å². The lowest BCUT2D eigenvalue weighted by molar-refractivity contribution is 0.111. The molecule has 0 amide bonds. The zero-order chi connectivity index (χ0) is 16.2. The largest absolute Gasteiger partial charge is 0.337 e. The molecular weight excluding hydrogens is 300 g/mol. The SMILES string of the molecule is c1ccc(CN2CCCC[C@H]2c2nc(-c3ccncc3)no2)cc1. The van der Waals surface area contributed by atoms with Gasteiger partial charge in [0.15, 0.2) is 0 Å². The Hall–Kier alpha value is -2.53. The van der Waals surface area contributed by atoms with E-state index in [2.05, 4.69) is 50.4 Å². The molecule has 1 fully saturated rings. The topological polar surface area (TPSA) is 55.1 Å². The molecule has 1 aromatic carbocycles. The molecule has 24 heavy (non-hydrogen) atoms. The maximum Gasteiger partial charge on any atom is 0.244 e. The van der Waals surface area contributed by atoms with Crippen LogP contribution in [0.2, 0.25) is 0 Å². The summed E-state index contributed by atoms with van der Waals surface area (Å²) in [7, 11) is 0. The van der Waals surface area contributed by atoms with Crippen LogP contribution in [0.3, 0.4) is 0 Å². The molecule has 5 nitrogen and oxygen atoms in total. The molecule has 1 aliphatic heterocycles. The predicted molar refractivity (Wildman–Crippen MR) is 91.0 cm³/mol. The van der Waals surface area contributed by atoms with Crippen molar-refractivity contribution in [3.05, 3.63) is 66.3 Å². The van der Waals surface area contributed by atoms with Gasteiger partial charge in [0.25, 0.3) is 0 Å². The minimum atomic E-state index is 0.196. The highest BCUT2D eigenvalue weighted by Crippen LogP contribution is 2.32. The van der Waals surface area contributed by atoms with Crippen LogP contribution in [0, 0.1) is 0 Å². The summed E-state index contributed by atoms with van der Waals surface area (Å²) in [5.41, 5.74) is 2.25. The van der Waals surface area contributed by atoms with Crippen molar-refractivity contribution in [2.24, 2.45) is 0 Å². The molecule has 1 atom stereocenters. The van der Waals surface area contributed by atoms with Gasteiger partial charge in [-0.15, -0.1) is 0 Å². The molecule has 0 spiro atoms. The van der Waals surface area contributed by atoms with Crippen LogP contribution in [0.15, 0.2) is 59.4 Å². The van der Waals surface area contributed by atoms with Gasteiger partial charge in [0.1, 0.15) is 0 Å². The molecular formula is C19H20N4O. The lowest BCUT2D eigenvalue weighted by Gasteiger charge is -2.33. The predicted octanol–water partition coefficient (Wildman–Crippen LogP) is 3.86. The second-order valence-electron chi connectivity index (χ2n) is 6.16. The maximum atomic E-state index is 5.60. The van der Waals surface area contributed by atoms with Gasteiger partial charge < -0.3 is 4.52 Å². The Bertz CT molecular complexity index is 772. The van der Waals surface area contributed by atoms with Crippen LogP contribution in [-0.4, -0.2) is 26.6 Å². The van der Waals surface area contributed by atoms with Crippen molar-refractivity contribution in [2.45, 2.75) is 31.8 Å². The van der Waals surface area contributed by atoms with Gasteiger partial charge in [0, 0.05) is 24.5 Å². The molecule has 1 saturated heterocycles. The molecule has 0 aliphatic carbocycles. The average molecular weight is 320 g/mol. The molecule has 2 aromatic heterocycles. The van der Waals surface area contributed by atoms with Crippen molar-refractivity contribution in [1.29, 1.82) is 0 Å². The van der Waals surface area contributed by atoms with Crippen molar-refractivity contribution in [3.63, 3.8) is 0 Å². The summed E-state index contributed by atoms with van der Waals surface area (Å²) in [6.45, 7) is 1.98. The molecule has 0 unspecified atom stereocenters. The van der Waals surface area contributed by atoms with E-state index in [0.29, 0.717) is 5.82 Å². The third-order valence-corrected chi connectivity index (χ3v) is 4.51. The van der Waals surface area contributed by atoms with E-state index in [1.165, 1.54) is 18.4 Å². The van der Waals surface area contributed by atoms with Crippen molar-refractivity contribution < 1.29 is 4.52 Å². The van der Waals surface area contributed by atoms with Gasteiger partial charge in [-0.3, -0.25) is 9.88 Å². The first-order chi connectivity index (χ1) is 11.9. The fourth-order valence-corrected chi connectivity index (χ4v) is 3.27. The highest BCUT2D eigenvalue weighted by molar-refractivity contribution is 5.52. The van der Waals surface area contributed by atoms with Crippen LogP contribution in [0.25, 0.3) is 11.4 Å². The first kappa shape index (κ1) is 15.0. The maximum absolute atomic E-state index is 5.60. The second kappa shape index (κ2) is 6.93. The number of rotatable bonds is 4. The van der Waals surface area contributed by atoms with Gasteiger partial charge in [-0.25, -0.2) is 0 Å². The van der Waals surface area contributed by atoms with Crippen LogP contribution in [0.1, 0.15) is 36.8 Å². The fourth-order valence-electron chi connectivity index (χ4n) is 3.27. The third-order valence-electron chi connectivity index (χ3n) is 4.51. The second-order valence-corrected chi connectivity index (χ2v) is 6.16. The Morgan fingerprint density at radius 1 is 1.04 bits per heavy atom. The summed E-state index contributed by atoms with van der Waals surface area (Å²) >= 11 is 0. The standard InChI is InChI=1S/C19H20N4O/c1-2-6-15(7-3-1)14-23-13-5-4-8-17(23)19-21-18(22-24-19)16-9-11-20-12-10-16/h1-3,6-7,9-12,17H,4-5,8,13-14H2/t17-/m0/s1. The van der Waals surface area contributed by atoms with E-state index in [9.17, 15) is 0 Å². The molecule has 122 valence electrons. The van der Waals surface area contributed by atoms with E-state index >= 15 is 0 Å². The van der Waals surface area contributed by atoms with Gasteiger partial charge in [-0.1, -0.05) is 41.9 Å². The number of likely N-dealkylation sites (tertiary alicyclic amines) is 1. The fraction of sp³-hybridized carbons (Fsp3) is 0.316. The van der Waals surface area contributed by atoms with Gasteiger partial charge in [-0.2, -0.15) is 4.98 Å². The van der Waals surface area contributed by atoms with Crippen LogP contribution in [0.5, 0.6) is 0 Å². The van der Waals surface area contributed by atoms with Gasteiger partial charge in [-0.05, 0) is 37.1 Å². The molecule has 3 aromatic rings. The molecule has 0 saturated carbocycles. The highest BCUT2D eigenvalue weighted by atomic mass is 16.5. The van der Waals surface area contributed by atoms with Gasteiger partial charge >= 0.3 is 0 Å². The summed E-state index contributed by atoms with van der Waals surface area (Å²) in [4.78, 5) is 11.1. The lowest BCUT2D eigenvalue weighted by Crippen LogP contribution is -2.33. The molecule has 0 radical (unpaired) electrons. The van der Waals surface area contributed by atoms with Crippen molar-refractivity contribution in [1.82, 2.24) is 20.0 Å². The normalized spacial score (nSPS) is 18.6. The number of benzene rings is 1. The molecule has 1 aliphatic rings. The zero-order valence-electron chi connectivity index (χ0n) is 13.5. The number of pyridine rings is 1. The number of hydrogen-bond donors (Lipinski definition) is 0. The van der Waals surface area contributed by atoms with Gasteiger partial charge in [0.2, 0.25) is 11.7 Å². The highest BCUT2D eigenvalue weighted by Gasteiger charge is 2.28. The van der Waals surface area contributed by atoms with Crippen molar-refractivity contribution >= 4 is 0 Å². The number of hydrogen-bond acceptors (Lipinski definition) is 5. The minimum Gasteiger partial charge on any atom is -0.337 e. The van der Waals surface area contributed by atoms with E-state index in [-0.39, 0.29) is 6.04 Å². The number of nitrogens with zero attached hydrogens (tertiary/aromatic N) is 4. The minimum absolute atomic E-state index is 0.196. The zero-order valence-corrected chi connectivity index (χ0v) is 13.5. The van der Waals surface area contributed by atoms with E-state index in [0.717, 1.165) is 31.0 Å². The monoisotopic (exact) mass is 320 g/mol. The Kier molecular flexibility index (Phi) is 4.34. The quantitative estimate of drug-likeness (QED) is 0.730. The smallest absolute Gasteiger partial charge is 0.244 e. The van der Waals surface area contributed by atoms with E-state index in [4.69, 9.17) is 4.52 Å². The first-order valence-corrected chi connectivity index (χ1v) is 8.42. The first-order valence-electron chi connectivity index (χ1n) is 8.42. The van der Waals surface area contributed by atoms with Crippen LogP contribution in [0.4, 0.5) is 0 Å². The van der Waals surface area contributed by atoms with E-state index in [1.54, 1.807) is 12.4 Å². The molecule has 0 bridgehead atoms. The summed E-state index contributed by atoms with van der Waals surface area (Å²) in [6, 6.07) is 14.6. The Balaban J connectivity index is 1.56. The molecule has 0 N–H and O–H groups in total. The summed E-state index contributed by atoms with van der Waals surface area (Å²) in [5, 5.41) is 4.16. The van der Waals surface area contributed by atoms with Crippen LogP contribution in [-0.2, 0) is 6.54 Å². The number of aromatic nitrogens is 3. The van der Waals surface area contributed by atoms with Crippen LogP contribution < -0.4 is 0 Å². The van der Waals surface area contributed by atoms with Gasteiger partial charge in [0.05, 0.1) is 6.04 Å².